The monoisotopic (exact) mass is 415 g/mol. The molecule has 2 fully saturated rings. The third-order valence-corrected chi connectivity index (χ3v) is 5.99. The van der Waals surface area contributed by atoms with E-state index in [2.05, 4.69) is 9.80 Å². The molecule has 2 aliphatic heterocycles. The van der Waals surface area contributed by atoms with Crippen molar-refractivity contribution >= 4 is 16.9 Å². The van der Waals surface area contributed by atoms with Crippen LogP contribution < -0.4 is 5.63 Å². The molecule has 0 radical (unpaired) electrons. The van der Waals surface area contributed by atoms with Crippen molar-refractivity contribution in [2.24, 2.45) is 0 Å². The van der Waals surface area contributed by atoms with Crippen LogP contribution in [-0.4, -0.2) is 84.7 Å². The van der Waals surface area contributed by atoms with Crippen molar-refractivity contribution in [2.75, 3.05) is 59.0 Å². The molecule has 1 N–H and O–H groups in total. The number of fused-ring (bicyclic) bond motifs is 1. The van der Waals surface area contributed by atoms with E-state index in [9.17, 15) is 14.7 Å². The molecule has 0 saturated carbocycles. The fraction of sp³-hybridized carbons (Fsp3) is 0.545. The molecule has 2 aliphatic rings. The number of rotatable bonds is 5. The third kappa shape index (κ3) is 4.66. The maximum absolute atomic E-state index is 12.6. The molecule has 4 rings (SSSR count). The standard InChI is InChI=1S/C22H29N3O5/c1-2-16-11-18-17(12-22(28)30-20(18)13-19(16)26)14-23-3-5-25(6-4-23)21(27)15-24-7-9-29-10-8-24/h11-13,26H,2-10,14-15H2,1H3. The highest BCUT2D eigenvalue weighted by Gasteiger charge is 2.24. The molecule has 2 aromatic rings. The number of morpholine rings is 1. The van der Waals surface area contributed by atoms with Crippen LogP contribution >= 0.6 is 0 Å². The predicted octanol–water partition coefficient (Wildman–Crippen LogP) is 1.04. The van der Waals surface area contributed by atoms with Gasteiger partial charge in [0.2, 0.25) is 5.91 Å². The lowest BCUT2D eigenvalue weighted by atomic mass is 10.0. The van der Waals surface area contributed by atoms with Gasteiger partial charge in [-0.15, -0.1) is 0 Å². The van der Waals surface area contributed by atoms with Crippen LogP contribution in [0.25, 0.3) is 11.0 Å². The second-order valence-electron chi connectivity index (χ2n) is 7.97. The van der Waals surface area contributed by atoms with E-state index in [1.165, 1.54) is 12.1 Å². The number of piperazine rings is 1. The zero-order valence-electron chi connectivity index (χ0n) is 17.4. The summed E-state index contributed by atoms with van der Waals surface area (Å²) in [6.45, 7) is 8.94. The van der Waals surface area contributed by atoms with Gasteiger partial charge in [-0.1, -0.05) is 6.92 Å². The first-order valence-electron chi connectivity index (χ1n) is 10.6. The Labute approximate surface area is 175 Å². The van der Waals surface area contributed by atoms with Crippen LogP contribution in [0.15, 0.2) is 27.4 Å². The molecule has 3 heterocycles. The smallest absolute Gasteiger partial charge is 0.336 e. The molecule has 0 spiro atoms. The van der Waals surface area contributed by atoms with Gasteiger partial charge in [0, 0.05) is 63.3 Å². The summed E-state index contributed by atoms with van der Waals surface area (Å²) < 4.78 is 10.6. The number of nitrogens with zero attached hydrogens (tertiary/aromatic N) is 3. The second-order valence-corrected chi connectivity index (χ2v) is 7.97. The lowest BCUT2D eigenvalue weighted by Gasteiger charge is -2.36. The second kappa shape index (κ2) is 9.16. The Bertz CT molecular complexity index is 959. The van der Waals surface area contributed by atoms with Gasteiger partial charge in [-0.3, -0.25) is 14.6 Å². The van der Waals surface area contributed by atoms with Crippen LogP contribution in [0.2, 0.25) is 0 Å². The molecule has 0 aliphatic carbocycles. The number of phenols is 1. The van der Waals surface area contributed by atoms with E-state index in [1.54, 1.807) is 0 Å². The Kier molecular flexibility index (Phi) is 6.36. The van der Waals surface area contributed by atoms with Gasteiger partial charge in [0.25, 0.3) is 0 Å². The van der Waals surface area contributed by atoms with E-state index in [0.29, 0.717) is 51.4 Å². The van der Waals surface area contributed by atoms with Crippen LogP contribution in [0, 0.1) is 0 Å². The molecule has 1 aromatic heterocycles. The Morgan fingerprint density at radius 3 is 2.43 bits per heavy atom. The van der Waals surface area contributed by atoms with Crippen molar-refractivity contribution in [3.63, 3.8) is 0 Å². The van der Waals surface area contributed by atoms with Crippen molar-refractivity contribution in [3.05, 3.63) is 39.7 Å². The molecule has 1 aromatic carbocycles. The third-order valence-electron chi connectivity index (χ3n) is 5.99. The van der Waals surface area contributed by atoms with E-state index in [4.69, 9.17) is 9.15 Å². The number of carbonyl (C=O) groups is 1. The average Bonchev–Trinajstić information content (AvgIpc) is 2.74. The molecule has 8 heteroatoms. The molecule has 1 amide bonds. The lowest BCUT2D eigenvalue weighted by molar-refractivity contribution is -0.135. The number of carbonyl (C=O) groups excluding carboxylic acids is 1. The number of hydrogen-bond donors (Lipinski definition) is 1. The van der Waals surface area contributed by atoms with Gasteiger partial charge in [0.15, 0.2) is 0 Å². The van der Waals surface area contributed by atoms with E-state index >= 15 is 0 Å². The van der Waals surface area contributed by atoms with E-state index in [-0.39, 0.29) is 11.7 Å². The normalized spacial score (nSPS) is 18.8. The number of amides is 1. The zero-order valence-corrected chi connectivity index (χ0v) is 17.4. The highest BCUT2D eigenvalue weighted by molar-refractivity contribution is 5.83. The minimum atomic E-state index is -0.416. The van der Waals surface area contributed by atoms with Crippen molar-refractivity contribution < 1.29 is 19.1 Å². The topological polar surface area (TPSA) is 86.5 Å². The maximum atomic E-state index is 12.6. The van der Waals surface area contributed by atoms with E-state index < -0.39 is 5.63 Å². The molecule has 162 valence electrons. The van der Waals surface area contributed by atoms with Crippen LogP contribution in [0.5, 0.6) is 5.75 Å². The summed E-state index contributed by atoms with van der Waals surface area (Å²) in [7, 11) is 0. The SMILES string of the molecule is CCc1cc2c(CN3CCN(C(=O)CN4CCOCC4)CC3)cc(=O)oc2cc1O. The highest BCUT2D eigenvalue weighted by Crippen LogP contribution is 2.27. The summed E-state index contributed by atoms with van der Waals surface area (Å²) in [4.78, 5) is 30.9. The largest absolute Gasteiger partial charge is 0.508 e. The Balaban J connectivity index is 1.40. The Hall–Kier alpha value is -2.42. The van der Waals surface area contributed by atoms with Crippen LogP contribution in [0.4, 0.5) is 0 Å². The first-order valence-corrected chi connectivity index (χ1v) is 10.6. The summed E-state index contributed by atoms with van der Waals surface area (Å²) in [5, 5.41) is 10.9. The van der Waals surface area contributed by atoms with Gasteiger partial charge in [-0.2, -0.15) is 0 Å². The highest BCUT2D eigenvalue weighted by atomic mass is 16.5. The molecule has 0 unspecified atom stereocenters. The average molecular weight is 415 g/mol. The van der Waals surface area contributed by atoms with Crippen molar-refractivity contribution in [1.29, 1.82) is 0 Å². The van der Waals surface area contributed by atoms with E-state index in [1.807, 2.05) is 17.9 Å². The summed E-state index contributed by atoms with van der Waals surface area (Å²) in [5.74, 6) is 0.322. The van der Waals surface area contributed by atoms with Crippen molar-refractivity contribution in [1.82, 2.24) is 14.7 Å². The summed E-state index contributed by atoms with van der Waals surface area (Å²) in [5.41, 5.74) is 1.71. The zero-order chi connectivity index (χ0) is 21.1. The van der Waals surface area contributed by atoms with Gasteiger partial charge >= 0.3 is 5.63 Å². The molecule has 0 bridgehead atoms. The van der Waals surface area contributed by atoms with Crippen LogP contribution in [0.3, 0.4) is 0 Å². The number of hydrogen-bond acceptors (Lipinski definition) is 7. The van der Waals surface area contributed by atoms with E-state index in [0.717, 1.165) is 42.7 Å². The van der Waals surface area contributed by atoms with Crippen LogP contribution in [-0.2, 0) is 22.5 Å². The fourth-order valence-corrected chi connectivity index (χ4v) is 4.17. The molecular formula is C22H29N3O5. The van der Waals surface area contributed by atoms with Crippen molar-refractivity contribution in [3.8, 4) is 5.75 Å². The first kappa shape index (κ1) is 20.8. The summed E-state index contributed by atoms with van der Waals surface area (Å²) >= 11 is 0. The summed E-state index contributed by atoms with van der Waals surface area (Å²) in [6.07, 6.45) is 0.699. The minimum absolute atomic E-state index is 0.151. The van der Waals surface area contributed by atoms with Crippen molar-refractivity contribution in [2.45, 2.75) is 19.9 Å². The van der Waals surface area contributed by atoms with Gasteiger partial charge in [0.1, 0.15) is 11.3 Å². The summed E-state index contributed by atoms with van der Waals surface area (Å²) in [6, 6.07) is 4.97. The quantitative estimate of drug-likeness (QED) is 0.730. The van der Waals surface area contributed by atoms with Gasteiger partial charge < -0.3 is 19.2 Å². The molecule has 2 saturated heterocycles. The molecule has 30 heavy (non-hydrogen) atoms. The Morgan fingerprint density at radius 1 is 1.00 bits per heavy atom. The minimum Gasteiger partial charge on any atom is -0.508 e. The number of ether oxygens (including phenoxy) is 1. The van der Waals surface area contributed by atoms with Gasteiger partial charge in [0.05, 0.1) is 19.8 Å². The Morgan fingerprint density at radius 2 is 1.73 bits per heavy atom. The molecule has 8 nitrogen and oxygen atoms in total. The number of phenolic OH excluding ortho intramolecular Hbond substituents is 1. The molecular weight excluding hydrogens is 386 g/mol. The molecule has 0 atom stereocenters. The van der Waals surface area contributed by atoms with Gasteiger partial charge in [-0.25, -0.2) is 4.79 Å². The predicted molar refractivity (Wildman–Crippen MR) is 113 cm³/mol. The number of aromatic hydroxyl groups is 1. The first-order chi connectivity index (χ1) is 14.5. The lowest BCUT2D eigenvalue weighted by Crippen LogP contribution is -2.52. The van der Waals surface area contributed by atoms with Crippen LogP contribution in [0.1, 0.15) is 18.1 Å². The number of aryl methyl sites for hydroxylation is 1. The maximum Gasteiger partial charge on any atom is 0.336 e. The fourth-order valence-electron chi connectivity index (χ4n) is 4.17. The number of benzene rings is 1. The van der Waals surface area contributed by atoms with Gasteiger partial charge in [-0.05, 0) is 23.6 Å².